The minimum atomic E-state index is -1.28. The van der Waals surface area contributed by atoms with Crippen LogP contribution in [-0.4, -0.2) is 27.1 Å². The molecule has 0 spiro atoms. The van der Waals surface area contributed by atoms with Crippen molar-refractivity contribution < 1.29 is 24.7 Å². The summed E-state index contributed by atoms with van der Waals surface area (Å²) in [5.74, 6) is -2.35. The van der Waals surface area contributed by atoms with Crippen LogP contribution in [0.4, 0.5) is 11.4 Å². The molecule has 24 heavy (non-hydrogen) atoms. The summed E-state index contributed by atoms with van der Waals surface area (Å²) < 4.78 is 0. The van der Waals surface area contributed by atoms with Crippen molar-refractivity contribution in [1.29, 1.82) is 0 Å². The van der Waals surface area contributed by atoms with Crippen LogP contribution in [-0.2, 0) is 4.79 Å². The first-order chi connectivity index (χ1) is 11.4. The molecule has 124 valence electrons. The number of carboxylic acids is 2. The number of carboxylic acid groups (broad SMARTS) is 2. The first-order valence-corrected chi connectivity index (χ1v) is 6.93. The molecule has 0 radical (unpaired) electrons. The van der Waals surface area contributed by atoms with E-state index in [-0.39, 0.29) is 17.7 Å². The van der Waals surface area contributed by atoms with Crippen molar-refractivity contribution in [3.05, 3.63) is 69.8 Å². The summed E-state index contributed by atoms with van der Waals surface area (Å²) in [4.78, 5) is 32.5. The molecule has 1 unspecified atom stereocenters. The Kier molecular flexibility index (Phi) is 5.10. The molecule has 3 N–H and O–H groups in total. The Bertz CT molecular complexity index is 775. The minimum Gasteiger partial charge on any atom is -0.481 e. The number of nitrogens with zero attached hydrogens (tertiary/aromatic N) is 1. The third-order valence-electron chi connectivity index (χ3n) is 3.35. The normalized spacial score (nSPS) is 11.5. The summed E-state index contributed by atoms with van der Waals surface area (Å²) in [6, 6.07) is 11.4. The maximum atomic E-state index is 11.2. The van der Waals surface area contributed by atoms with Crippen LogP contribution in [0.15, 0.2) is 48.5 Å². The van der Waals surface area contributed by atoms with Gasteiger partial charge in [0.05, 0.1) is 22.9 Å². The molecule has 0 bridgehead atoms. The van der Waals surface area contributed by atoms with E-state index in [1.165, 1.54) is 12.1 Å². The molecule has 2 rings (SSSR count). The van der Waals surface area contributed by atoms with Crippen molar-refractivity contribution in [2.75, 3.05) is 5.32 Å². The van der Waals surface area contributed by atoms with Crippen molar-refractivity contribution in [2.24, 2.45) is 0 Å². The number of carbonyl (C=O) groups is 2. The van der Waals surface area contributed by atoms with E-state index in [2.05, 4.69) is 5.32 Å². The average molecular weight is 330 g/mol. The van der Waals surface area contributed by atoms with E-state index in [1.54, 1.807) is 30.3 Å². The van der Waals surface area contributed by atoms with Gasteiger partial charge in [-0.05, 0) is 17.7 Å². The first kappa shape index (κ1) is 16.9. The van der Waals surface area contributed by atoms with Crippen molar-refractivity contribution in [3.63, 3.8) is 0 Å². The fraction of sp³-hybridized carbons (Fsp3) is 0.125. The van der Waals surface area contributed by atoms with Gasteiger partial charge in [-0.15, -0.1) is 0 Å². The summed E-state index contributed by atoms with van der Waals surface area (Å²) >= 11 is 0. The highest BCUT2D eigenvalue weighted by atomic mass is 16.6. The molecule has 0 amide bonds. The summed E-state index contributed by atoms with van der Waals surface area (Å²) in [6.07, 6.45) is -0.290. The Labute approximate surface area is 136 Å². The minimum absolute atomic E-state index is 0.0557. The van der Waals surface area contributed by atoms with Crippen LogP contribution in [0.2, 0.25) is 0 Å². The number of hydrogen-bond acceptors (Lipinski definition) is 5. The third kappa shape index (κ3) is 4.07. The van der Waals surface area contributed by atoms with Crippen LogP contribution >= 0.6 is 0 Å². The molecule has 0 saturated carbocycles. The number of aromatic carboxylic acids is 1. The summed E-state index contributed by atoms with van der Waals surface area (Å²) in [7, 11) is 0. The third-order valence-corrected chi connectivity index (χ3v) is 3.35. The van der Waals surface area contributed by atoms with Crippen molar-refractivity contribution in [2.45, 2.75) is 12.5 Å². The maximum absolute atomic E-state index is 11.2. The molecule has 0 aliphatic carbocycles. The molecule has 0 heterocycles. The first-order valence-electron chi connectivity index (χ1n) is 6.93. The van der Waals surface area contributed by atoms with Gasteiger partial charge < -0.3 is 15.5 Å². The number of hydrogen-bond donors (Lipinski definition) is 3. The zero-order valence-corrected chi connectivity index (χ0v) is 12.4. The monoisotopic (exact) mass is 330 g/mol. The zero-order chi connectivity index (χ0) is 17.7. The lowest BCUT2D eigenvalue weighted by Crippen LogP contribution is -2.16. The number of nitro groups is 1. The molecule has 2 aromatic rings. The lowest BCUT2D eigenvalue weighted by atomic mass is 10.0. The highest BCUT2D eigenvalue weighted by Crippen LogP contribution is 2.30. The molecule has 0 saturated heterocycles. The molecule has 8 nitrogen and oxygen atoms in total. The zero-order valence-electron chi connectivity index (χ0n) is 12.4. The van der Waals surface area contributed by atoms with E-state index >= 15 is 0 Å². The number of rotatable bonds is 7. The van der Waals surface area contributed by atoms with Gasteiger partial charge in [-0.2, -0.15) is 0 Å². The molecule has 0 aliphatic rings. The Morgan fingerprint density at radius 3 is 2.33 bits per heavy atom. The van der Waals surface area contributed by atoms with Crippen molar-refractivity contribution >= 4 is 23.3 Å². The molecular formula is C16H14N2O6. The van der Waals surface area contributed by atoms with Crippen LogP contribution in [0.3, 0.4) is 0 Å². The summed E-state index contributed by atoms with van der Waals surface area (Å²) in [5.41, 5.74) is 0.0552. The fourth-order valence-electron chi connectivity index (χ4n) is 2.24. The number of nitro benzene ring substituents is 1. The van der Waals surface area contributed by atoms with E-state index in [0.717, 1.165) is 6.07 Å². The predicted octanol–water partition coefficient (Wildman–Crippen LogP) is 2.92. The smallest absolute Gasteiger partial charge is 0.335 e. The van der Waals surface area contributed by atoms with E-state index in [1.807, 2.05) is 0 Å². The number of benzene rings is 2. The highest BCUT2D eigenvalue weighted by molar-refractivity contribution is 5.89. The van der Waals surface area contributed by atoms with E-state index in [4.69, 9.17) is 10.2 Å². The van der Waals surface area contributed by atoms with E-state index < -0.39 is 28.6 Å². The SMILES string of the molecule is O=C(O)CC(Nc1ccc(C(=O)O)cc1[N+](=O)[O-])c1ccccc1. The number of nitrogens with one attached hydrogen (secondary N) is 1. The summed E-state index contributed by atoms with van der Waals surface area (Å²) in [5, 5.41) is 32.0. The van der Waals surface area contributed by atoms with E-state index in [0.29, 0.717) is 5.56 Å². The molecular weight excluding hydrogens is 316 g/mol. The molecule has 0 fully saturated rings. The van der Waals surface area contributed by atoms with E-state index in [9.17, 15) is 19.7 Å². The van der Waals surface area contributed by atoms with Gasteiger partial charge in [-0.3, -0.25) is 14.9 Å². The van der Waals surface area contributed by atoms with Gasteiger partial charge in [0.15, 0.2) is 0 Å². The van der Waals surface area contributed by atoms with Crippen LogP contribution in [0.5, 0.6) is 0 Å². The van der Waals surface area contributed by atoms with Gasteiger partial charge in [-0.25, -0.2) is 4.79 Å². The lowest BCUT2D eigenvalue weighted by Gasteiger charge is -2.18. The van der Waals surface area contributed by atoms with Crippen molar-refractivity contribution in [3.8, 4) is 0 Å². The molecule has 1 atom stereocenters. The van der Waals surface area contributed by atoms with Gasteiger partial charge >= 0.3 is 11.9 Å². The largest absolute Gasteiger partial charge is 0.481 e. The maximum Gasteiger partial charge on any atom is 0.335 e. The number of aliphatic carboxylic acids is 1. The Morgan fingerprint density at radius 2 is 1.79 bits per heavy atom. The lowest BCUT2D eigenvalue weighted by molar-refractivity contribution is -0.384. The van der Waals surface area contributed by atoms with Crippen molar-refractivity contribution in [1.82, 2.24) is 0 Å². The Morgan fingerprint density at radius 1 is 1.12 bits per heavy atom. The second kappa shape index (κ2) is 7.23. The fourth-order valence-corrected chi connectivity index (χ4v) is 2.24. The average Bonchev–Trinajstić information content (AvgIpc) is 2.54. The standard InChI is InChI=1S/C16H14N2O6/c19-15(20)9-13(10-4-2-1-3-5-10)17-12-7-6-11(16(21)22)8-14(12)18(23)24/h1-8,13,17H,9H2,(H,19,20)(H,21,22). The molecule has 0 aliphatic heterocycles. The molecule has 2 aromatic carbocycles. The quantitative estimate of drug-likeness (QED) is 0.525. The molecule has 8 heteroatoms. The van der Waals surface area contributed by atoms with Crippen LogP contribution < -0.4 is 5.32 Å². The van der Waals surface area contributed by atoms with Gasteiger partial charge in [0.1, 0.15) is 5.69 Å². The second-order valence-corrected chi connectivity index (χ2v) is 5.00. The second-order valence-electron chi connectivity index (χ2n) is 5.00. The van der Waals surface area contributed by atoms with Crippen LogP contribution in [0.25, 0.3) is 0 Å². The predicted molar refractivity (Wildman–Crippen MR) is 85.1 cm³/mol. The highest BCUT2D eigenvalue weighted by Gasteiger charge is 2.22. The van der Waals surface area contributed by atoms with Crippen LogP contribution in [0, 0.1) is 10.1 Å². The Balaban J connectivity index is 2.40. The topological polar surface area (TPSA) is 130 Å². The van der Waals surface area contributed by atoms with Crippen LogP contribution in [0.1, 0.15) is 28.4 Å². The number of anilines is 1. The van der Waals surface area contributed by atoms with Gasteiger partial charge in [-0.1, -0.05) is 30.3 Å². The Hall–Kier alpha value is -3.42. The van der Waals surface area contributed by atoms with Gasteiger partial charge in [0, 0.05) is 6.07 Å². The van der Waals surface area contributed by atoms with Gasteiger partial charge in [0.25, 0.3) is 5.69 Å². The molecule has 0 aromatic heterocycles. The summed E-state index contributed by atoms with van der Waals surface area (Å²) in [6.45, 7) is 0. The van der Waals surface area contributed by atoms with Gasteiger partial charge in [0.2, 0.25) is 0 Å².